The first-order chi connectivity index (χ1) is 10.2. The molecule has 2 rings (SSSR count). The average molecular weight is 327 g/mol. The number of rotatable bonds is 5. The van der Waals surface area contributed by atoms with Gasteiger partial charge in [-0.1, -0.05) is 40.0 Å². The van der Waals surface area contributed by atoms with E-state index in [0.717, 1.165) is 38.7 Å². The summed E-state index contributed by atoms with van der Waals surface area (Å²) in [5.74, 6) is 0.0857. The van der Waals surface area contributed by atoms with Gasteiger partial charge in [-0.25, -0.2) is 0 Å². The lowest BCUT2D eigenvalue weighted by Gasteiger charge is -2.36. The van der Waals surface area contributed by atoms with E-state index in [1.807, 2.05) is 0 Å². The quantitative estimate of drug-likeness (QED) is 0.403. The van der Waals surface area contributed by atoms with Crippen molar-refractivity contribution in [3.05, 3.63) is 0 Å². The Balaban J connectivity index is 1.74. The summed E-state index contributed by atoms with van der Waals surface area (Å²) in [4.78, 5) is 12.2. The first kappa shape index (κ1) is 18.0. The van der Waals surface area contributed by atoms with Gasteiger partial charge in [0.1, 0.15) is 6.10 Å². The summed E-state index contributed by atoms with van der Waals surface area (Å²) in [7, 11) is -1.64. The maximum atomic E-state index is 12.2. The molecule has 1 saturated heterocycles. The highest BCUT2D eigenvalue weighted by Gasteiger charge is 2.48. The molecule has 1 saturated carbocycles. The van der Waals surface area contributed by atoms with Crippen molar-refractivity contribution in [3.63, 3.8) is 0 Å². The lowest BCUT2D eigenvalue weighted by atomic mass is 9.72. The molecule has 0 radical (unpaired) electrons. The summed E-state index contributed by atoms with van der Waals surface area (Å²) in [5.41, 5.74) is -0.122. The Morgan fingerprint density at radius 3 is 2.45 bits per heavy atom. The molecule has 1 unspecified atom stereocenters. The van der Waals surface area contributed by atoms with E-state index in [-0.39, 0.29) is 22.5 Å². The van der Waals surface area contributed by atoms with Crippen molar-refractivity contribution in [1.82, 2.24) is 0 Å². The van der Waals surface area contributed by atoms with Crippen molar-refractivity contribution in [2.75, 3.05) is 6.61 Å². The molecule has 4 heteroatoms. The van der Waals surface area contributed by atoms with Crippen molar-refractivity contribution in [1.29, 1.82) is 0 Å². The predicted molar refractivity (Wildman–Crippen MR) is 92.4 cm³/mol. The second-order valence-electron chi connectivity index (χ2n) is 8.82. The molecule has 0 N–H and O–H groups in total. The van der Waals surface area contributed by atoms with Crippen LogP contribution < -0.4 is 0 Å². The molecule has 1 spiro atoms. The molecule has 2 aliphatic rings. The fourth-order valence-electron chi connectivity index (χ4n) is 3.49. The van der Waals surface area contributed by atoms with Gasteiger partial charge in [0.05, 0.1) is 5.41 Å². The summed E-state index contributed by atoms with van der Waals surface area (Å²) in [6, 6.07) is 0. The van der Waals surface area contributed by atoms with E-state index in [0.29, 0.717) is 0 Å². The summed E-state index contributed by atoms with van der Waals surface area (Å²) in [5, 5.41) is 0.263. The Kier molecular flexibility index (Phi) is 5.43. The Bertz CT molecular complexity index is 392. The number of hydrogen-bond donors (Lipinski definition) is 0. The molecule has 0 bridgehead atoms. The third kappa shape index (κ3) is 3.94. The fraction of sp³-hybridized carbons (Fsp3) is 0.944. The molecule has 0 amide bonds. The van der Waals surface area contributed by atoms with E-state index >= 15 is 0 Å². The van der Waals surface area contributed by atoms with Gasteiger partial charge in [0, 0.05) is 13.0 Å². The van der Waals surface area contributed by atoms with Gasteiger partial charge in [-0.15, -0.1) is 0 Å². The number of ether oxygens (including phenoxy) is 1. The largest absolute Gasteiger partial charge is 0.462 e. The molecular weight excluding hydrogens is 292 g/mol. The Morgan fingerprint density at radius 1 is 1.23 bits per heavy atom. The average Bonchev–Trinajstić information content (AvgIpc) is 2.71. The van der Waals surface area contributed by atoms with Crippen LogP contribution in [0.5, 0.6) is 0 Å². The van der Waals surface area contributed by atoms with Gasteiger partial charge >= 0.3 is 5.97 Å². The van der Waals surface area contributed by atoms with Crippen LogP contribution in [-0.2, 0) is 14.0 Å². The van der Waals surface area contributed by atoms with Gasteiger partial charge in [0.25, 0.3) is 0 Å². The van der Waals surface area contributed by atoms with E-state index in [4.69, 9.17) is 9.16 Å². The minimum absolute atomic E-state index is 0.0857. The normalized spacial score (nSPS) is 25.5. The van der Waals surface area contributed by atoms with Gasteiger partial charge < -0.3 is 9.16 Å². The second kappa shape index (κ2) is 6.64. The van der Waals surface area contributed by atoms with Crippen LogP contribution in [0.25, 0.3) is 0 Å². The van der Waals surface area contributed by atoms with Crippen LogP contribution in [0.4, 0.5) is 0 Å². The minimum Gasteiger partial charge on any atom is -0.462 e. The van der Waals surface area contributed by atoms with Crippen molar-refractivity contribution < 1.29 is 14.0 Å². The second-order valence-corrected chi connectivity index (χ2v) is 13.6. The summed E-state index contributed by atoms with van der Waals surface area (Å²) >= 11 is 0. The van der Waals surface area contributed by atoms with E-state index in [1.165, 1.54) is 19.3 Å². The van der Waals surface area contributed by atoms with Crippen molar-refractivity contribution in [3.8, 4) is 0 Å². The number of esters is 1. The van der Waals surface area contributed by atoms with Crippen molar-refractivity contribution in [2.24, 2.45) is 5.41 Å². The molecular formula is C18H34O3Si. The highest BCUT2D eigenvalue weighted by Crippen LogP contribution is 2.46. The maximum Gasteiger partial charge on any atom is 0.312 e. The number of carbonyl (C=O) groups is 1. The van der Waals surface area contributed by atoms with Gasteiger partial charge in [0.15, 0.2) is 8.32 Å². The first-order valence-corrected chi connectivity index (χ1v) is 11.9. The monoisotopic (exact) mass is 326 g/mol. The molecule has 128 valence electrons. The van der Waals surface area contributed by atoms with Crippen LogP contribution in [0.15, 0.2) is 0 Å². The van der Waals surface area contributed by atoms with E-state index in [9.17, 15) is 4.79 Å². The van der Waals surface area contributed by atoms with Crippen LogP contribution in [0.1, 0.15) is 72.1 Å². The summed E-state index contributed by atoms with van der Waals surface area (Å²) in [6.07, 6.45) is 8.79. The molecule has 22 heavy (non-hydrogen) atoms. The van der Waals surface area contributed by atoms with E-state index in [2.05, 4.69) is 33.9 Å². The smallest absolute Gasteiger partial charge is 0.312 e. The van der Waals surface area contributed by atoms with Gasteiger partial charge in [-0.3, -0.25) is 4.79 Å². The number of cyclic esters (lactones) is 1. The third-order valence-electron chi connectivity index (χ3n) is 6.08. The molecule has 0 aromatic carbocycles. The maximum absolute atomic E-state index is 12.2. The van der Waals surface area contributed by atoms with Gasteiger partial charge in [0.2, 0.25) is 0 Å². The predicted octanol–water partition coefficient (Wildman–Crippen LogP) is 5.05. The highest BCUT2D eigenvalue weighted by molar-refractivity contribution is 6.74. The van der Waals surface area contributed by atoms with Crippen LogP contribution in [0.3, 0.4) is 0 Å². The molecule has 1 aliphatic heterocycles. The van der Waals surface area contributed by atoms with Gasteiger partial charge in [-0.2, -0.15) is 0 Å². The molecule has 0 aromatic heterocycles. The molecule has 1 atom stereocenters. The Labute approximate surface area is 137 Å². The van der Waals surface area contributed by atoms with E-state index in [1.54, 1.807) is 0 Å². The lowest BCUT2D eigenvalue weighted by molar-refractivity contribution is -0.150. The summed E-state index contributed by atoms with van der Waals surface area (Å²) < 4.78 is 11.9. The van der Waals surface area contributed by atoms with E-state index < -0.39 is 8.32 Å². The molecule has 2 fully saturated rings. The van der Waals surface area contributed by atoms with Crippen LogP contribution in [-0.4, -0.2) is 27.0 Å². The number of hydrogen-bond acceptors (Lipinski definition) is 3. The fourth-order valence-corrected chi connectivity index (χ4v) is 4.58. The Hall–Kier alpha value is -0.353. The highest BCUT2D eigenvalue weighted by atomic mass is 28.4. The van der Waals surface area contributed by atoms with Crippen LogP contribution in [0, 0.1) is 5.41 Å². The molecule has 3 nitrogen and oxygen atoms in total. The minimum atomic E-state index is -1.64. The van der Waals surface area contributed by atoms with Crippen molar-refractivity contribution >= 4 is 14.3 Å². The van der Waals surface area contributed by atoms with Gasteiger partial charge in [-0.05, 0) is 43.8 Å². The number of carbonyl (C=O) groups excluding carboxylic acids is 1. The van der Waals surface area contributed by atoms with Crippen LogP contribution >= 0.6 is 0 Å². The standard InChI is InChI=1S/C18H34O3Si/c1-17(2,3)22(4,5)20-13-9-10-15-14-18(16(19)21-15)11-7-6-8-12-18/h15H,6-14H2,1-5H3. The topological polar surface area (TPSA) is 35.5 Å². The lowest BCUT2D eigenvalue weighted by Crippen LogP contribution is -2.41. The third-order valence-corrected chi connectivity index (χ3v) is 10.6. The molecule has 0 aromatic rings. The SMILES string of the molecule is CC(C)(C)[Si](C)(C)OCCCC1CC2(CCCCC2)C(=O)O1. The zero-order chi connectivity index (χ0) is 16.4. The molecule has 1 heterocycles. The van der Waals surface area contributed by atoms with Crippen LogP contribution in [0.2, 0.25) is 18.1 Å². The Morgan fingerprint density at radius 2 is 1.86 bits per heavy atom. The summed E-state index contributed by atoms with van der Waals surface area (Å²) in [6.45, 7) is 12.2. The molecule has 1 aliphatic carbocycles. The zero-order valence-electron chi connectivity index (χ0n) is 15.2. The first-order valence-electron chi connectivity index (χ1n) is 9.01. The zero-order valence-corrected chi connectivity index (χ0v) is 16.2. The van der Waals surface area contributed by atoms with Crippen molar-refractivity contribution in [2.45, 2.75) is 96.4 Å².